The Balaban J connectivity index is 3.07. The summed E-state index contributed by atoms with van der Waals surface area (Å²) in [4.78, 5) is 3.84. The highest BCUT2D eigenvalue weighted by Gasteiger charge is 2.01. The van der Waals surface area contributed by atoms with E-state index >= 15 is 0 Å². The Kier molecular flexibility index (Phi) is 1.73. The molecule has 0 bridgehead atoms. The molecular weight excluding hydrogens is 138 g/mol. The Hall–Kier alpha value is -0.540. The van der Waals surface area contributed by atoms with E-state index in [0.717, 1.165) is 5.69 Å². The van der Waals surface area contributed by atoms with Crippen molar-refractivity contribution in [2.45, 2.75) is 6.54 Å². The van der Waals surface area contributed by atoms with Crippen LogP contribution in [0.1, 0.15) is 5.69 Å². The summed E-state index contributed by atoms with van der Waals surface area (Å²) in [6, 6.07) is 0. The number of nitrogens with two attached hydrogens (primary N) is 1. The van der Waals surface area contributed by atoms with Gasteiger partial charge in [-0.05, 0) is 0 Å². The molecule has 0 radical (unpaired) electrons. The lowest BCUT2D eigenvalue weighted by atomic mass is 10.5. The third kappa shape index (κ3) is 1.06. The molecule has 0 saturated heterocycles. The summed E-state index contributed by atoms with van der Waals surface area (Å²) >= 11 is 5.63. The molecule has 9 heavy (non-hydrogen) atoms. The second-order valence-corrected chi connectivity index (χ2v) is 2.16. The number of nitrogens with zero attached hydrogens (tertiary/aromatic N) is 2. The smallest absolute Gasteiger partial charge is 0.151 e. The van der Waals surface area contributed by atoms with Crippen LogP contribution in [-0.4, -0.2) is 9.55 Å². The molecule has 0 spiro atoms. The SMILES string of the molecule is Cn1cnc(Cl)c1CN. The normalized spacial score (nSPS) is 10.1. The molecule has 0 atom stereocenters. The minimum absolute atomic E-state index is 0.440. The lowest BCUT2D eigenvalue weighted by Crippen LogP contribution is -2.02. The summed E-state index contributed by atoms with van der Waals surface area (Å²) < 4.78 is 1.81. The molecule has 1 aromatic rings. The van der Waals surface area contributed by atoms with Crippen molar-refractivity contribution in [1.82, 2.24) is 9.55 Å². The number of hydrogen-bond acceptors (Lipinski definition) is 2. The lowest BCUT2D eigenvalue weighted by molar-refractivity contribution is 0.821. The van der Waals surface area contributed by atoms with E-state index in [2.05, 4.69) is 4.98 Å². The van der Waals surface area contributed by atoms with Crippen LogP contribution in [0.5, 0.6) is 0 Å². The van der Waals surface area contributed by atoms with Crippen LogP contribution in [0.2, 0.25) is 5.15 Å². The van der Waals surface area contributed by atoms with E-state index in [0.29, 0.717) is 11.7 Å². The van der Waals surface area contributed by atoms with Crippen molar-refractivity contribution in [1.29, 1.82) is 0 Å². The molecule has 1 rings (SSSR count). The van der Waals surface area contributed by atoms with E-state index < -0.39 is 0 Å². The number of aromatic nitrogens is 2. The summed E-state index contributed by atoms with van der Waals surface area (Å²) in [5.41, 5.74) is 6.22. The molecule has 0 saturated carbocycles. The molecule has 1 heterocycles. The first-order valence-electron chi connectivity index (χ1n) is 2.61. The molecule has 0 unspecified atom stereocenters. The van der Waals surface area contributed by atoms with E-state index in [1.807, 2.05) is 11.6 Å². The maximum atomic E-state index is 5.63. The number of halogens is 1. The number of imidazole rings is 1. The second kappa shape index (κ2) is 2.37. The molecule has 50 valence electrons. The van der Waals surface area contributed by atoms with Gasteiger partial charge in [-0.2, -0.15) is 0 Å². The van der Waals surface area contributed by atoms with Gasteiger partial charge >= 0.3 is 0 Å². The highest BCUT2D eigenvalue weighted by Crippen LogP contribution is 2.10. The van der Waals surface area contributed by atoms with E-state index in [-0.39, 0.29) is 0 Å². The predicted molar refractivity (Wildman–Crippen MR) is 36.1 cm³/mol. The van der Waals surface area contributed by atoms with Crippen LogP contribution < -0.4 is 5.73 Å². The molecular formula is C5H8ClN3. The molecule has 4 heteroatoms. The predicted octanol–water partition coefficient (Wildman–Crippen LogP) is 0.532. The van der Waals surface area contributed by atoms with Crippen molar-refractivity contribution in [2.24, 2.45) is 12.8 Å². The van der Waals surface area contributed by atoms with Crippen LogP contribution in [-0.2, 0) is 13.6 Å². The van der Waals surface area contributed by atoms with Gasteiger partial charge < -0.3 is 10.3 Å². The second-order valence-electron chi connectivity index (χ2n) is 1.80. The minimum Gasteiger partial charge on any atom is -0.335 e. The first-order valence-corrected chi connectivity index (χ1v) is 2.99. The lowest BCUT2D eigenvalue weighted by Gasteiger charge is -1.95. The maximum Gasteiger partial charge on any atom is 0.151 e. The molecule has 0 amide bonds. The fourth-order valence-corrected chi connectivity index (χ4v) is 0.909. The van der Waals surface area contributed by atoms with Gasteiger partial charge in [-0.1, -0.05) is 11.6 Å². The standard InChI is InChI=1S/C5H8ClN3/c1-9-3-8-5(6)4(9)2-7/h3H,2,7H2,1H3. The van der Waals surface area contributed by atoms with E-state index in [9.17, 15) is 0 Å². The molecule has 0 aliphatic rings. The molecule has 2 N–H and O–H groups in total. The zero-order valence-corrected chi connectivity index (χ0v) is 5.89. The van der Waals surface area contributed by atoms with Crippen molar-refractivity contribution in [3.8, 4) is 0 Å². The summed E-state index contributed by atoms with van der Waals surface area (Å²) in [7, 11) is 1.86. The van der Waals surface area contributed by atoms with Gasteiger partial charge in [0.25, 0.3) is 0 Å². The summed E-state index contributed by atoms with van der Waals surface area (Å²) in [5.74, 6) is 0. The Morgan fingerprint density at radius 3 is 2.78 bits per heavy atom. The zero-order chi connectivity index (χ0) is 6.85. The minimum atomic E-state index is 0.440. The molecule has 0 fully saturated rings. The van der Waals surface area contributed by atoms with E-state index in [1.54, 1.807) is 6.33 Å². The fourth-order valence-electron chi connectivity index (χ4n) is 0.655. The van der Waals surface area contributed by atoms with Crippen LogP contribution in [0.3, 0.4) is 0 Å². The monoisotopic (exact) mass is 145 g/mol. The van der Waals surface area contributed by atoms with Crippen LogP contribution in [0.4, 0.5) is 0 Å². The highest BCUT2D eigenvalue weighted by molar-refractivity contribution is 6.30. The highest BCUT2D eigenvalue weighted by atomic mass is 35.5. The third-order valence-corrected chi connectivity index (χ3v) is 1.52. The average molecular weight is 146 g/mol. The quantitative estimate of drug-likeness (QED) is 0.627. The number of rotatable bonds is 1. The molecule has 3 nitrogen and oxygen atoms in total. The van der Waals surface area contributed by atoms with Crippen LogP contribution in [0.15, 0.2) is 6.33 Å². The third-order valence-electron chi connectivity index (χ3n) is 1.20. The Labute approximate surface area is 58.4 Å². The maximum absolute atomic E-state index is 5.63. The van der Waals surface area contributed by atoms with Crippen molar-refractivity contribution >= 4 is 11.6 Å². The molecule has 0 aliphatic heterocycles. The van der Waals surface area contributed by atoms with Crippen LogP contribution in [0, 0.1) is 0 Å². The van der Waals surface area contributed by atoms with Crippen molar-refractivity contribution in [3.63, 3.8) is 0 Å². The Bertz CT molecular complexity index is 186. The van der Waals surface area contributed by atoms with Crippen LogP contribution in [0.25, 0.3) is 0 Å². The van der Waals surface area contributed by atoms with Gasteiger partial charge in [-0.25, -0.2) is 4.98 Å². The van der Waals surface area contributed by atoms with Crippen molar-refractivity contribution in [3.05, 3.63) is 17.2 Å². The van der Waals surface area contributed by atoms with Gasteiger partial charge in [0, 0.05) is 13.6 Å². The average Bonchev–Trinajstić information content (AvgIpc) is 2.12. The van der Waals surface area contributed by atoms with Crippen molar-refractivity contribution in [2.75, 3.05) is 0 Å². The van der Waals surface area contributed by atoms with E-state index in [4.69, 9.17) is 17.3 Å². The number of aryl methyl sites for hydroxylation is 1. The summed E-state index contributed by atoms with van der Waals surface area (Å²) in [6.07, 6.45) is 1.64. The topological polar surface area (TPSA) is 43.8 Å². The Morgan fingerprint density at radius 1 is 1.89 bits per heavy atom. The molecule has 0 aromatic carbocycles. The van der Waals surface area contributed by atoms with E-state index in [1.165, 1.54) is 0 Å². The molecule has 1 aromatic heterocycles. The van der Waals surface area contributed by atoms with Gasteiger partial charge in [-0.3, -0.25) is 0 Å². The first kappa shape index (κ1) is 6.58. The van der Waals surface area contributed by atoms with Gasteiger partial charge in [0.15, 0.2) is 5.15 Å². The van der Waals surface area contributed by atoms with Gasteiger partial charge in [0.1, 0.15) is 0 Å². The largest absolute Gasteiger partial charge is 0.335 e. The fraction of sp³-hybridized carbons (Fsp3) is 0.400. The first-order chi connectivity index (χ1) is 4.25. The molecule has 0 aliphatic carbocycles. The van der Waals surface area contributed by atoms with Crippen molar-refractivity contribution < 1.29 is 0 Å². The summed E-state index contributed by atoms with van der Waals surface area (Å²) in [6.45, 7) is 0.440. The zero-order valence-electron chi connectivity index (χ0n) is 5.13. The Morgan fingerprint density at radius 2 is 2.56 bits per heavy atom. The van der Waals surface area contributed by atoms with Gasteiger partial charge in [-0.15, -0.1) is 0 Å². The van der Waals surface area contributed by atoms with Gasteiger partial charge in [0.2, 0.25) is 0 Å². The van der Waals surface area contributed by atoms with Crippen LogP contribution >= 0.6 is 11.6 Å². The van der Waals surface area contributed by atoms with Gasteiger partial charge in [0.05, 0.1) is 12.0 Å². The summed E-state index contributed by atoms with van der Waals surface area (Å²) in [5, 5.41) is 0.500. The number of hydrogen-bond donors (Lipinski definition) is 1.